The molecule has 0 aliphatic heterocycles. The number of hydrogen-bond donors (Lipinski definition) is 0. The van der Waals surface area contributed by atoms with E-state index in [0.29, 0.717) is 0 Å². The lowest BCUT2D eigenvalue weighted by Gasteiger charge is -1.97. The van der Waals surface area contributed by atoms with E-state index in [-0.39, 0.29) is 0 Å². The van der Waals surface area contributed by atoms with Gasteiger partial charge in [-0.1, -0.05) is 132 Å². The van der Waals surface area contributed by atoms with E-state index in [2.05, 4.69) is 67.9 Å². The third-order valence-electron chi connectivity index (χ3n) is 4.87. The molecule has 0 unspecified atom stereocenters. The highest BCUT2D eigenvalue weighted by Gasteiger charge is 1.92. The van der Waals surface area contributed by atoms with Gasteiger partial charge in [-0.2, -0.15) is 0 Å². The number of benzene rings is 1. The Bertz CT molecular complexity index is 591. The fourth-order valence-corrected chi connectivity index (χ4v) is 3.12. The Hall–Kier alpha value is -1.92. The molecule has 0 spiro atoms. The van der Waals surface area contributed by atoms with Gasteiger partial charge in [-0.15, -0.1) is 0 Å². The molecule has 1 aromatic carbocycles. The monoisotopic (exact) mass is 376 g/mol. The molecule has 0 atom stereocenters. The van der Waals surface area contributed by atoms with Crippen molar-refractivity contribution in [1.29, 1.82) is 0 Å². The van der Waals surface area contributed by atoms with Crippen molar-refractivity contribution < 1.29 is 0 Å². The number of unbranched alkanes of at least 4 members (excludes halogenated alkanes) is 12. The minimum Gasteiger partial charge on any atom is -0.0972 e. The summed E-state index contributed by atoms with van der Waals surface area (Å²) in [4.78, 5) is 0. The van der Waals surface area contributed by atoms with Crippen LogP contribution in [-0.2, 0) is 0 Å². The van der Waals surface area contributed by atoms with Crippen LogP contribution in [0.1, 0.15) is 109 Å². The summed E-state index contributed by atoms with van der Waals surface area (Å²) in [7, 11) is 0. The maximum atomic E-state index is 3.35. The molecule has 0 saturated heterocycles. The van der Waals surface area contributed by atoms with E-state index in [9.17, 15) is 0 Å². The second kappa shape index (κ2) is 18.4. The van der Waals surface area contributed by atoms with Crippen LogP contribution >= 0.6 is 0 Å². The summed E-state index contributed by atoms with van der Waals surface area (Å²) >= 11 is 0. The molecule has 0 aromatic heterocycles. The summed E-state index contributed by atoms with van der Waals surface area (Å²) in [6.07, 6.45) is 19.9. The van der Waals surface area contributed by atoms with Gasteiger partial charge in [0.15, 0.2) is 0 Å². The lowest BCUT2D eigenvalue weighted by atomic mass is 10.1. The van der Waals surface area contributed by atoms with Crippen LogP contribution in [0.25, 0.3) is 6.08 Å². The summed E-state index contributed by atoms with van der Waals surface area (Å²) in [5.41, 5.74) is 2.14. The molecular formula is C28H40. The molecule has 152 valence electrons. The van der Waals surface area contributed by atoms with E-state index in [4.69, 9.17) is 0 Å². The third kappa shape index (κ3) is 14.2. The van der Waals surface area contributed by atoms with Crippen molar-refractivity contribution in [1.82, 2.24) is 0 Å². The van der Waals surface area contributed by atoms with Gasteiger partial charge in [-0.05, 0) is 24.5 Å². The predicted molar refractivity (Wildman–Crippen MR) is 126 cm³/mol. The zero-order valence-electron chi connectivity index (χ0n) is 18.4. The first-order valence-corrected chi connectivity index (χ1v) is 11.6. The molecule has 28 heavy (non-hydrogen) atoms. The molecule has 0 aliphatic rings. The van der Waals surface area contributed by atoms with Crippen LogP contribution in [0.4, 0.5) is 0 Å². The first kappa shape index (κ1) is 24.1. The maximum absolute atomic E-state index is 3.35. The Morgan fingerprint density at radius 3 is 1.61 bits per heavy atom. The second-order valence-corrected chi connectivity index (χ2v) is 7.61. The SMILES string of the molecule is CCCCCCCCC#CC(C#CCCCCCCCC)=Cc1ccccc1. The van der Waals surface area contributed by atoms with Gasteiger partial charge < -0.3 is 0 Å². The second-order valence-electron chi connectivity index (χ2n) is 7.61. The molecule has 0 heterocycles. The smallest absolute Gasteiger partial charge is 0.0749 e. The molecule has 0 fully saturated rings. The van der Waals surface area contributed by atoms with Crippen LogP contribution in [-0.4, -0.2) is 0 Å². The van der Waals surface area contributed by atoms with Gasteiger partial charge in [0.25, 0.3) is 0 Å². The minimum atomic E-state index is 0.961. The Balaban J connectivity index is 2.47. The molecule has 1 rings (SSSR count). The molecule has 0 amide bonds. The van der Waals surface area contributed by atoms with Gasteiger partial charge in [-0.3, -0.25) is 0 Å². The number of allylic oxidation sites excluding steroid dienone is 1. The van der Waals surface area contributed by atoms with Gasteiger partial charge in [0.2, 0.25) is 0 Å². The van der Waals surface area contributed by atoms with Crippen molar-refractivity contribution in [3.05, 3.63) is 41.5 Å². The van der Waals surface area contributed by atoms with Gasteiger partial charge >= 0.3 is 0 Å². The van der Waals surface area contributed by atoms with Crippen LogP contribution in [0.3, 0.4) is 0 Å². The Kier molecular flexibility index (Phi) is 15.9. The van der Waals surface area contributed by atoms with Crippen LogP contribution in [0.5, 0.6) is 0 Å². The predicted octanol–water partition coefficient (Wildman–Crippen LogP) is 8.58. The summed E-state index contributed by atoms with van der Waals surface area (Å²) < 4.78 is 0. The Morgan fingerprint density at radius 1 is 0.643 bits per heavy atom. The zero-order valence-corrected chi connectivity index (χ0v) is 18.4. The van der Waals surface area contributed by atoms with Crippen molar-refractivity contribution in [3.8, 4) is 23.7 Å². The molecule has 0 aliphatic carbocycles. The topological polar surface area (TPSA) is 0 Å². The number of rotatable bonds is 13. The van der Waals surface area contributed by atoms with Crippen LogP contribution < -0.4 is 0 Å². The van der Waals surface area contributed by atoms with Crippen LogP contribution in [0.2, 0.25) is 0 Å². The van der Waals surface area contributed by atoms with E-state index in [1.54, 1.807) is 0 Å². The average molecular weight is 377 g/mol. The van der Waals surface area contributed by atoms with Gasteiger partial charge in [0, 0.05) is 12.8 Å². The van der Waals surface area contributed by atoms with E-state index >= 15 is 0 Å². The van der Waals surface area contributed by atoms with Crippen molar-refractivity contribution in [2.75, 3.05) is 0 Å². The molecular weight excluding hydrogens is 336 g/mol. The largest absolute Gasteiger partial charge is 0.0972 e. The van der Waals surface area contributed by atoms with Crippen molar-refractivity contribution in [3.63, 3.8) is 0 Å². The molecule has 0 saturated carbocycles. The quantitative estimate of drug-likeness (QED) is 0.239. The lowest BCUT2D eigenvalue weighted by molar-refractivity contribution is 0.614. The summed E-state index contributed by atoms with van der Waals surface area (Å²) in [5, 5.41) is 0. The molecule has 0 bridgehead atoms. The fraction of sp³-hybridized carbons (Fsp3) is 0.571. The fourth-order valence-electron chi connectivity index (χ4n) is 3.12. The highest BCUT2D eigenvalue weighted by Crippen LogP contribution is 2.09. The third-order valence-corrected chi connectivity index (χ3v) is 4.87. The van der Waals surface area contributed by atoms with Gasteiger partial charge in [0.1, 0.15) is 0 Å². The molecule has 1 aromatic rings. The minimum absolute atomic E-state index is 0.961. The molecule has 0 heteroatoms. The number of hydrogen-bond acceptors (Lipinski definition) is 0. The standard InChI is InChI=1S/C28H40/c1-3-5-7-9-11-13-15-18-22-27(26-28-24-20-17-21-25-28)23-19-16-14-12-10-8-6-4-2/h17,20-21,24-26H,3-16H2,1-2H3. The van der Waals surface area contributed by atoms with Crippen LogP contribution in [0.15, 0.2) is 35.9 Å². The average Bonchev–Trinajstić information content (AvgIpc) is 2.72. The molecule has 0 N–H and O–H groups in total. The Labute approximate surface area is 175 Å². The normalized spacial score (nSPS) is 9.79. The summed E-state index contributed by atoms with van der Waals surface area (Å²) in [6.45, 7) is 4.53. The maximum Gasteiger partial charge on any atom is 0.0749 e. The van der Waals surface area contributed by atoms with Gasteiger partial charge in [-0.25, -0.2) is 0 Å². The lowest BCUT2D eigenvalue weighted by Crippen LogP contribution is -1.80. The summed E-state index contributed by atoms with van der Waals surface area (Å²) in [5.74, 6) is 13.4. The van der Waals surface area contributed by atoms with Gasteiger partial charge in [0.05, 0.1) is 5.57 Å². The van der Waals surface area contributed by atoms with Crippen molar-refractivity contribution >= 4 is 6.08 Å². The zero-order chi connectivity index (χ0) is 20.1. The van der Waals surface area contributed by atoms with E-state index < -0.39 is 0 Å². The van der Waals surface area contributed by atoms with Crippen molar-refractivity contribution in [2.45, 2.75) is 104 Å². The Morgan fingerprint density at radius 2 is 1.11 bits per heavy atom. The highest BCUT2D eigenvalue weighted by atomic mass is 14.0. The molecule has 0 radical (unpaired) electrons. The first-order valence-electron chi connectivity index (χ1n) is 11.6. The van der Waals surface area contributed by atoms with E-state index in [1.165, 1.54) is 82.6 Å². The van der Waals surface area contributed by atoms with E-state index in [0.717, 1.165) is 18.4 Å². The first-order chi connectivity index (χ1) is 13.9. The van der Waals surface area contributed by atoms with E-state index in [1.807, 2.05) is 6.07 Å². The van der Waals surface area contributed by atoms with Crippen LogP contribution in [0, 0.1) is 23.7 Å². The highest BCUT2D eigenvalue weighted by molar-refractivity contribution is 5.64. The summed E-state index contributed by atoms with van der Waals surface area (Å²) in [6, 6.07) is 10.4. The van der Waals surface area contributed by atoms with Crippen molar-refractivity contribution in [2.24, 2.45) is 0 Å². The molecule has 0 nitrogen and oxygen atoms in total.